The molecule has 2 nitrogen and oxygen atoms in total. The lowest BCUT2D eigenvalue weighted by atomic mass is 10.0. The van der Waals surface area contributed by atoms with Crippen molar-refractivity contribution < 1.29 is 4.39 Å². The van der Waals surface area contributed by atoms with Crippen LogP contribution in [0.2, 0.25) is 0 Å². The zero-order valence-electron chi connectivity index (χ0n) is 10.3. The van der Waals surface area contributed by atoms with E-state index in [4.69, 9.17) is 5.73 Å². The Bertz CT molecular complexity index is 588. The number of halogens is 2. The second kappa shape index (κ2) is 5.31. The summed E-state index contributed by atoms with van der Waals surface area (Å²) in [5.41, 5.74) is 8.19. The summed E-state index contributed by atoms with van der Waals surface area (Å²) in [5, 5.41) is 0.887. The average Bonchev–Trinajstić information content (AvgIpc) is 2.84. The molecule has 0 amide bonds. The molecule has 0 radical (unpaired) electrons. The largest absolute Gasteiger partial charge is 0.318 e. The molecule has 2 N–H and O–H groups in total. The molecule has 1 heterocycles. The highest BCUT2D eigenvalue weighted by Gasteiger charge is 2.21. The van der Waals surface area contributed by atoms with Crippen molar-refractivity contribution in [3.05, 3.63) is 49.6 Å². The lowest BCUT2D eigenvalue weighted by molar-refractivity contribution is 0.622. The Morgan fingerprint density at radius 1 is 1.32 bits per heavy atom. The van der Waals surface area contributed by atoms with E-state index in [1.54, 1.807) is 17.4 Å². The van der Waals surface area contributed by atoms with Crippen molar-refractivity contribution in [1.82, 2.24) is 4.98 Å². The second-order valence-corrected chi connectivity index (χ2v) is 6.74. The molecule has 1 aromatic heterocycles. The van der Waals surface area contributed by atoms with Crippen LogP contribution in [0.4, 0.5) is 4.39 Å². The lowest BCUT2D eigenvalue weighted by Crippen LogP contribution is -2.12. The van der Waals surface area contributed by atoms with E-state index in [2.05, 4.69) is 20.9 Å². The van der Waals surface area contributed by atoms with Crippen LogP contribution in [0, 0.1) is 5.82 Å². The van der Waals surface area contributed by atoms with E-state index in [0.29, 0.717) is 0 Å². The van der Waals surface area contributed by atoms with Gasteiger partial charge in [-0.05, 0) is 49.4 Å². The Balaban J connectivity index is 1.97. The average molecular weight is 341 g/mol. The van der Waals surface area contributed by atoms with Crippen LogP contribution >= 0.6 is 27.3 Å². The summed E-state index contributed by atoms with van der Waals surface area (Å²) < 4.78 is 14.2. The van der Waals surface area contributed by atoms with E-state index in [-0.39, 0.29) is 11.9 Å². The number of rotatable bonds is 2. The minimum Gasteiger partial charge on any atom is -0.318 e. The van der Waals surface area contributed by atoms with Gasteiger partial charge in [0.15, 0.2) is 0 Å². The smallest absolute Gasteiger partial charge is 0.123 e. The second-order valence-electron chi connectivity index (χ2n) is 4.77. The number of nitrogens with two attached hydrogens (primary N) is 1. The van der Waals surface area contributed by atoms with E-state index < -0.39 is 0 Å². The quantitative estimate of drug-likeness (QED) is 0.898. The molecule has 3 rings (SSSR count). The molecule has 0 spiro atoms. The molecule has 100 valence electrons. The fraction of sp³-hybridized carbons (Fsp3) is 0.357. The van der Waals surface area contributed by atoms with Crippen LogP contribution in [-0.4, -0.2) is 4.98 Å². The number of nitrogens with zero attached hydrogens (tertiary/aromatic N) is 1. The summed E-state index contributed by atoms with van der Waals surface area (Å²) in [5.74, 6) is -0.269. The fourth-order valence-electron chi connectivity index (χ4n) is 2.39. The van der Waals surface area contributed by atoms with E-state index in [1.165, 1.54) is 35.5 Å². The normalized spacial score (nSPS) is 16.2. The van der Waals surface area contributed by atoms with Gasteiger partial charge in [0.05, 0.1) is 11.7 Å². The van der Waals surface area contributed by atoms with Gasteiger partial charge in [0.2, 0.25) is 0 Å². The summed E-state index contributed by atoms with van der Waals surface area (Å²) in [7, 11) is 0. The van der Waals surface area contributed by atoms with Crippen LogP contribution in [0.5, 0.6) is 0 Å². The third-order valence-electron chi connectivity index (χ3n) is 3.42. The van der Waals surface area contributed by atoms with Gasteiger partial charge in [0.25, 0.3) is 0 Å². The van der Waals surface area contributed by atoms with Crippen LogP contribution in [0.15, 0.2) is 22.7 Å². The first-order valence-electron chi connectivity index (χ1n) is 6.34. The van der Waals surface area contributed by atoms with Crippen LogP contribution in [0.25, 0.3) is 0 Å². The Labute approximate surface area is 124 Å². The molecular weight excluding hydrogens is 327 g/mol. The summed E-state index contributed by atoms with van der Waals surface area (Å²) in [6.07, 6.45) is 4.58. The highest BCUT2D eigenvalue weighted by molar-refractivity contribution is 9.10. The molecule has 0 fully saturated rings. The van der Waals surface area contributed by atoms with Crippen molar-refractivity contribution in [2.75, 3.05) is 0 Å². The van der Waals surface area contributed by atoms with Crippen LogP contribution < -0.4 is 5.73 Å². The van der Waals surface area contributed by atoms with Gasteiger partial charge in [-0.15, -0.1) is 11.3 Å². The zero-order valence-corrected chi connectivity index (χ0v) is 12.7. The van der Waals surface area contributed by atoms with Crippen LogP contribution in [-0.2, 0) is 12.8 Å². The highest BCUT2D eigenvalue weighted by atomic mass is 79.9. The predicted octanol–water partition coefficient (Wildman–Crippen LogP) is 3.97. The predicted molar refractivity (Wildman–Crippen MR) is 78.9 cm³/mol. The first kappa shape index (κ1) is 13.2. The lowest BCUT2D eigenvalue weighted by Gasteiger charge is -2.11. The summed E-state index contributed by atoms with van der Waals surface area (Å²) in [6.45, 7) is 0. The molecule has 0 bridgehead atoms. The van der Waals surface area contributed by atoms with Crippen LogP contribution in [0.3, 0.4) is 0 Å². The number of fused-ring (bicyclic) bond motifs is 1. The topological polar surface area (TPSA) is 38.9 Å². The van der Waals surface area contributed by atoms with Gasteiger partial charge in [-0.3, -0.25) is 0 Å². The number of aryl methyl sites for hydroxylation is 2. The first-order chi connectivity index (χ1) is 9.15. The van der Waals surface area contributed by atoms with Crippen molar-refractivity contribution in [3.8, 4) is 0 Å². The van der Waals surface area contributed by atoms with E-state index in [0.717, 1.165) is 27.9 Å². The maximum Gasteiger partial charge on any atom is 0.123 e. The Kier molecular flexibility index (Phi) is 3.69. The monoisotopic (exact) mass is 340 g/mol. The molecule has 5 heteroatoms. The molecule has 0 aliphatic heterocycles. The summed E-state index contributed by atoms with van der Waals surface area (Å²) in [4.78, 5) is 6.00. The highest BCUT2D eigenvalue weighted by Crippen LogP contribution is 2.33. The van der Waals surface area contributed by atoms with Gasteiger partial charge < -0.3 is 5.73 Å². The number of hydrogen-bond donors (Lipinski definition) is 1. The van der Waals surface area contributed by atoms with Crippen molar-refractivity contribution in [2.45, 2.75) is 31.7 Å². The fourth-order valence-corrected chi connectivity index (χ4v) is 4.06. The summed E-state index contributed by atoms with van der Waals surface area (Å²) in [6, 6.07) is 4.24. The molecule has 0 saturated carbocycles. The van der Waals surface area contributed by atoms with Gasteiger partial charge in [0.1, 0.15) is 10.8 Å². The molecule has 1 aliphatic carbocycles. The standard InChI is InChI=1S/C14H14BrFN2S/c15-10-6-5-8(16)7-9(10)13(17)14-18-11-3-1-2-4-12(11)19-14/h5-7,13H,1-4,17H2. The number of aromatic nitrogens is 1. The molecule has 1 atom stereocenters. The Morgan fingerprint density at radius 3 is 2.89 bits per heavy atom. The van der Waals surface area contributed by atoms with E-state index >= 15 is 0 Å². The Morgan fingerprint density at radius 2 is 2.11 bits per heavy atom. The minimum absolute atomic E-state index is 0.269. The SMILES string of the molecule is NC(c1nc2c(s1)CCCC2)c1cc(F)ccc1Br. The number of benzene rings is 1. The molecule has 1 unspecified atom stereocenters. The molecule has 19 heavy (non-hydrogen) atoms. The maximum atomic E-state index is 13.4. The molecular formula is C14H14BrFN2S. The van der Waals surface area contributed by atoms with Crippen LogP contribution in [0.1, 0.15) is 40.0 Å². The first-order valence-corrected chi connectivity index (χ1v) is 7.95. The molecule has 2 aromatic rings. The van der Waals surface area contributed by atoms with Gasteiger partial charge in [-0.1, -0.05) is 15.9 Å². The molecule has 0 saturated heterocycles. The third kappa shape index (κ3) is 2.59. The molecule has 1 aliphatic rings. The van der Waals surface area contributed by atoms with Crippen molar-refractivity contribution in [1.29, 1.82) is 0 Å². The van der Waals surface area contributed by atoms with E-state index in [1.807, 2.05) is 0 Å². The maximum absolute atomic E-state index is 13.4. The van der Waals surface area contributed by atoms with Crippen molar-refractivity contribution >= 4 is 27.3 Å². The van der Waals surface area contributed by atoms with Crippen molar-refractivity contribution in [3.63, 3.8) is 0 Å². The Hall–Kier alpha value is -0.780. The van der Waals surface area contributed by atoms with Gasteiger partial charge in [0, 0.05) is 9.35 Å². The van der Waals surface area contributed by atoms with E-state index in [9.17, 15) is 4.39 Å². The van der Waals surface area contributed by atoms with Gasteiger partial charge in [-0.25, -0.2) is 9.37 Å². The minimum atomic E-state index is -0.360. The van der Waals surface area contributed by atoms with Gasteiger partial charge >= 0.3 is 0 Å². The number of thiazole rings is 1. The summed E-state index contributed by atoms with van der Waals surface area (Å²) >= 11 is 5.10. The van der Waals surface area contributed by atoms with Gasteiger partial charge in [-0.2, -0.15) is 0 Å². The van der Waals surface area contributed by atoms with Crippen molar-refractivity contribution in [2.24, 2.45) is 5.73 Å². The molecule has 1 aromatic carbocycles. The zero-order chi connectivity index (χ0) is 13.4. The third-order valence-corrected chi connectivity index (χ3v) is 5.38. The number of hydrogen-bond acceptors (Lipinski definition) is 3.